The second kappa shape index (κ2) is 18.0. The van der Waals surface area contributed by atoms with Gasteiger partial charge in [-0.25, -0.2) is 4.79 Å². The lowest BCUT2D eigenvalue weighted by atomic mass is 9.41. The van der Waals surface area contributed by atoms with Gasteiger partial charge in [-0.05, 0) is 55.5 Å². The van der Waals surface area contributed by atoms with Gasteiger partial charge in [0.25, 0.3) is 0 Å². The monoisotopic (exact) mass is 1020 g/mol. The van der Waals surface area contributed by atoms with Crippen molar-refractivity contribution >= 4 is 29.7 Å². The van der Waals surface area contributed by atoms with Gasteiger partial charge in [-0.15, -0.1) is 0 Å². The molecule has 2 aliphatic heterocycles. The molecule has 404 valence electrons. The number of fused-ring (bicyclic) bond motifs is 10. The van der Waals surface area contributed by atoms with Crippen LogP contribution in [0.25, 0.3) is 0 Å². The van der Waals surface area contributed by atoms with Crippen LogP contribution in [0.2, 0.25) is 0 Å². The van der Waals surface area contributed by atoms with Gasteiger partial charge in [0.05, 0.1) is 60.1 Å². The van der Waals surface area contributed by atoms with Gasteiger partial charge >= 0.3 is 23.9 Å². The van der Waals surface area contributed by atoms with E-state index in [0.717, 1.165) is 11.1 Å². The SMILES string of the molecule is CC(=O)O[C@@]12CO[C@@H]1C[C@H](O)[C@@]1(C)C(=O)[C@H](O)C3=C(C)[C@@H](O)C[C@@](O)([C@@H](OC(=O)c4ccccc4)[C@H]21)C3(C)C.CC(=O)O[C@H]1C[C@@]2(O)[C@@H](C)[C@@H]3[C@]4(OC(C)=O)CO[C@@H]4C[C@H](O)[C@@]3(C)[C@@H](O)[C@H](C)C(=C1C)C2(C)C. The Balaban J connectivity index is 0.000000197. The predicted octanol–water partition coefficient (Wildman–Crippen LogP) is 3.21. The molecule has 19 atom stereocenters. The van der Waals surface area contributed by atoms with Crippen molar-refractivity contribution in [2.24, 2.45) is 45.3 Å². The average Bonchev–Trinajstić information content (AvgIpc) is 3.29. The lowest BCUT2D eigenvalue weighted by molar-refractivity contribution is -0.356. The number of aliphatic hydroxyl groups is 7. The Morgan fingerprint density at radius 1 is 0.658 bits per heavy atom. The van der Waals surface area contributed by atoms with E-state index in [2.05, 4.69) is 0 Å². The highest BCUT2D eigenvalue weighted by molar-refractivity contribution is 5.94. The van der Waals surface area contributed by atoms with Crippen LogP contribution in [0.5, 0.6) is 0 Å². The lowest BCUT2D eigenvalue weighted by Gasteiger charge is -2.69. The third-order valence-corrected chi connectivity index (χ3v) is 20.0. The van der Waals surface area contributed by atoms with Crippen LogP contribution in [0.3, 0.4) is 0 Å². The zero-order chi connectivity index (χ0) is 54.3. The molecule has 6 aliphatic carbocycles. The summed E-state index contributed by atoms with van der Waals surface area (Å²) in [6.07, 6.45) is -9.96. The molecule has 73 heavy (non-hydrogen) atoms. The quantitative estimate of drug-likeness (QED) is 0.127. The maximum atomic E-state index is 14.3. The summed E-state index contributed by atoms with van der Waals surface area (Å²) in [5, 5.41) is 82.7. The van der Waals surface area contributed by atoms with Crippen LogP contribution >= 0.6 is 0 Å². The average molecular weight is 1030 g/mol. The Kier molecular flexibility index (Phi) is 13.6. The van der Waals surface area contributed by atoms with Crippen LogP contribution in [0, 0.1) is 45.3 Å². The zero-order valence-corrected chi connectivity index (χ0v) is 44.3. The van der Waals surface area contributed by atoms with Gasteiger partial charge in [0, 0.05) is 74.5 Å². The molecule has 6 fully saturated rings. The first kappa shape index (κ1) is 55.1. The molecule has 2 heterocycles. The van der Waals surface area contributed by atoms with Crippen molar-refractivity contribution in [3.63, 3.8) is 0 Å². The molecule has 7 N–H and O–H groups in total. The minimum Gasteiger partial charge on any atom is -0.458 e. The molecule has 0 spiro atoms. The minimum atomic E-state index is -2.07. The van der Waals surface area contributed by atoms with Gasteiger partial charge in [0.1, 0.15) is 36.1 Å². The van der Waals surface area contributed by atoms with Crippen molar-refractivity contribution in [2.75, 3.05) is 13.2 Å². The molecule has 0 amide bonds. The standard InChI is InChI=1S/C29H36O10.C26H40O8/c1-14-17(31)12-29(36)24(38-25(35)16-9-7-6-8-10-16)22-27(5,23(34)21(33)20(14)26(29,3)4)18(32)11-19-28(22,13-37-19)39-15(2)30;1-12-17(33-15(4)27)10-26(31)14(3)21-24(8,22(30)13(2)20(12)23(26,6)7)18(29)9-19-25(21,11-32-19)34-16(5)28/h6-10,17-19,21-22,24,31-33,36H,11-13H2,1-5H3;13-14,17-19,21-22,29-31H,9-11H2,1-8H3/t17-,18-,19+,21+,22-,24-,27+,28-,29+;13-,14+,17+,18+,19-,21+,22+,24-,25+,26-/m01/s1. The molecule has 2 saturated heterocycles. The van der Waals surface area contributed by atoms with Gasteiger partial charge in [-0.1, -0.05) is 72.2 Å². The first-order valence-electron chi connectivity index (χ1n) is 25.6. The van der Waals surface area contributed by atoms with E-state index in [9.17, 15) is 59.7 Å². The number of Topliss-reactive ketones (excluding diaryl/α,β-unsaturated/α-hetero) is 1. The van der Waals surface area contributed by atoms with Gasteiger partial charge in [0.2, 0.25) is 0 Å². The second-order valence-electron chi connectivity index (χ2n) is 24.1. The summed E-state index contributed by atoms with van der Waals surface area (Å²) >= 11 is 0. The molecule has 0 aromatic heterocycles. The van der Waals surface area contributed by atoms with E-state index in [1.54, 1.807) is 39.0 Å². The van der Waals surface area contributed by atoms with E-state index in [-0.39, 0.29) is 50.0 Å². The minimum absolute atomic E-state index is 0.0828. The summed E-state index contributed by atoms with van der Waals surface area (Å²) in [6, 6.07) is 8.08. The number of ketones is 1. The highest BCUT2D eigenvalue weighted by atomic mass is 16.6. The number of rotatable bonds is 5. The highest BCUT2D eigenvalue weighted by Gasteiger charge is 2.79. The number of carbonyl (C=O) groups excluding carboxylic acids is 5. The van der Waals surface area contributed by atoms with Crippen LogP contribution in [-0.2, 0) is 47.6 Å². The van der Waals surface area contributed by atoms with Gasteiger partial charge in [-0.2, -0.15) is 0 Å². The highest BCUT2D eigenvalue weighted by Crippen LogP contribution is 2.68. The van der Waals surface area contributed by atoms with Crippen LogP contribution < -0.4 is 0 Å². The first-order valence-corrected chi connectivity index (χ1v) is 25.6. The Morgan fingerprint density at radius 2 is 1.18 bits per heavy atom. The van der Waals surface area contributed by atoms with Crippen LogP contribution in [0.15, 0.2) is 52.6 Å². The number of carbonyl (C=O) groups is 5. The van der Waals surface area contributed by atoms with Gasteiger partial charge < -0.3 is 64.2 Å². The fourth-order valence-electron chi connectivity index (χ4n) is 16.1. The molecule has 0 unspecified atom stereocenters. The van der Waals surface area contributed by atoms with Crippen molar-refractivity contribution < 1.29 is 88.1 Å². The van der Waals surface area contributed by atoms with E-state index >= 15 is 0 Å². The molecule has 0 radical (unpaired) electrons. The molecule has 1 aromatic rings. The maximum Gasteiger partial charge on any atom is 0.338 e. The Hall–Kier alpha value is -4.11. The van der Waals surface area contributed by atoms with E-state index in [4.69, 9.17) is 28.4 Å². The van der Waals surface area contributed by atoms with Crippen molar-refractivity contribution in [1.82, 2.24) is 0 Å². The van der Waals surface area contributed by atoms with Gasteiger partial charge in [0.15, 0.2) is 17.0 Å². The summed E-state index contributed by atoms with van der Waals surface area (Å²) < 4.78 is 35.1. The number of hydrogen-bond acceptors (Lipinski definition) is 18. The van der Waals surface area contributed by atoms with Crippen molar-refractivity contribution in [3.05, 3.63) is 58.2 Å². The zero-order valence-electron chi connectivity index (χ0n) is 44.3. The molecular formula is C55H76O18. The van der Waals surface area contributed by atoms with E-state index in [1.807, 2.05) is 41.5 Å². The fraction of sp³-hybridized carbons (Fsp3) is 0.727. The smallest absolute Gasteiger partial charge is 0.338 e. The second-order valence-corrected chi connectivity index (χ2v) is 24.1. The van der Waals surface area contributed by atoms with Crippen LogP contribution in [-0.4, -0.2) is 156 Å². The molecule has 9 rings (SSSR count). The normalized spacial score (nSPS) is 45.9. The summed E-state index contributed by atoms with van der Waals surface area (Å²) in [6.45, 7) is 21.6. The third-order valence-electron chi connectivity index (χ3n) is 20.0. The number of hydrogen-bond donors (Lipinski definition) is 7. The van der Waals surface area contributed by atoms with Crippen LogP contribution in [0.4, 0.5) is 0 Å². The van der Waals surface area contributed by atoms with Crippen molar-refractivity contribution in [1.29, 1.82) is 0 Å². The number of ether oxygens (including phenoxy) is 6. The molecule has 8 aliphatic rings. The number of esters is 4. The summed E-state index contributed by atoms with van der Waals surface area (Å²) in [4.78, 5) is 64.5. The summed E-state index contributed by atoms with van der Waals surface area (Å²) in [5.41, 5.74) is -8.90. The van der Waals surface area contributed by atoms with E-state index in [1.165, 1.54) is 39.8 Å². The number of benzene rings is 1. The molecule has 18 heteroatoms. The molecule has 4 saturated carbocycles. The molecular weight excluding hydrogens is 949 g/mol. The Bertz CT molecular complexity index is 2500. The van der Waals surface area contributed by atoms with E-state index in [0.29, 0.717) is 5.57 Å². The maximum absolute atomic E-state index is 14.3. The molecule has 4 bridgehead atoms. The largest absolute Gasteiger partial charge is 0.458 e. The predicted molar refractivity (Wildman–Crippen MR) is 258 cm³/mol. The van der Waals surface area contributed by atoms with Crippen molar-refractivity contribution in [2.45, 2.75) is 193 Å². The first-order chi connectivity index (χ1) is 33.7. The Labute approximate surface area is 426 Å². The Morgan fingerprint density at radius 3 is 1.68 bits per heavy atom. The fourth-order valence-corrected chi connectivity index (χ4v) is 16.1. The summed E-state index contributed by atoms with van der Waals surface area (Å²) in [7, 11) is 0. The lowest BCUT2D eigenvalue weighted by Crippen LogP contribution is -2.81. The third kappa shape index (κ3) is 7.53. The summed E-state index contributed by atoms with van der Waals surface area (Å²) in [5.74, 6) is -6.12. The van der Waals surface area contributed by atoms with Crippen molar-refractivity contribution in [3.8, 4) is 0 Å². The van der Waals surface area contributed by atoms with E-state index < -0.39 is 152 Å². The number of aliphatic hydroxyl groups excluding tert-OH is 5. The van der Waals surface area contributed by atoms with Crippen LogP contribution in [0.1, 0.15) is 126 Å². The molecule has 1 aromatic carbocycles. The molecule has 18 nitrogen and oxygen atoms in total. The van der Waals surface area contributed by atoms with Gasteiger partial charge in [-0.3, -0.25) is 19.2 Å². The topological polar surface area (TPSA) is 282 Å².